The molecule has 1 fully saturated rings. The Morgan fingerprint density at radius 1 is 1.33 bits per heavy atom. The second-order valence-electron chi connectivity index (χ2n) is 5.15. The van der Waals surface area contributed by atoms with Crippen LogP contribution in [0.2, 0.25) is 0 Å². The normalized spacial score (nSPS) is 17.3. The summed E-state index contributed by atoms with van der Waals surface area (Å²) in [6.45, 7) is 12.2. The van der Waals surface area contributed by atoms with E-state index in [9.17, 15) is 0 Å². The van der Waals surface area contributed by atoms with Gasteiger partial charge < -0.3 is 14.6 Å². The molecule has 1 N–H and O–H groups in total. The largest absolute Gasteiger partial charge is 0.379 e. The Labute approximate surface area is 109 Å². The molecule has 0 spiro atoms. The second-order valence-corrected chi connectivity index (χ2v) is 5.15. The number of aryl methyl sites for hydroxylation is 1. The van der Waals surface area contributed by atoms with Crippen LogP contribution in [-0.2, 0) is 11.3 Å². The van der Waals surface area contributed by atoms with Crippen molar-refractivity contribution in [2.24, 2.45) is 0 Å². The quantitative estimate of drug-likeness (QED) is 0.859. The van der Waals surface area contributed by atoms with Gasteiger partial charge in [0.05, 0.1) is 18.9 Å². The van der Waals surface area contributed by atoms with Crippen LogP contribution in [-0.4, -0.2) is 53.3 Å². The minimum absolute atomic E-state index is 0.411. The summed E-state index contributed by atoms with van der Waals surface area (Å²) in [4.78, 5) is 6.97. The van der Waals surface area contributed by atoms with Crippen LogP contribution in [0.5, 0.6) is 0 Å². The summed E-state index contributed by atoms with van der Waals surface area (Å²) in [5.41, 5.74) is 1.07. The van der Waals surface area contributed by atoms with Crippen molar-refractivity contribution in [3.63, 3.8) is 0 Å². The number of nitrogens with zero attached hydrogens (tertiary/aromatic N) is 3. The van der Waals surface area contributed by atoms with E-state index in [-0.39, 0.29) is 0 Å². The third-order valence-corrected chi connectivity index (χ3v) is 3.08. The van der Waals surface area contributed by atoms with Crippen molar-refractivity contribution in [1.29, 1.82) is 0 Å². The summed E-state index contributed by atoms with van der Waals surface area (Å²) >= 11 is 0. The highest BCUT2D eigenvalue weighted by Gasteiger charge is 2.12. The number of rotatable bonds is 5. The zero-order valence-electron chi connectivity index (χ0n) is 11.6. The molecule has 1 saturated heterocycles. The van der Waals surface area contributed by atoms with Crippen LogP contribution >= 0.6 is 0 Å². The topological polar surface area (TPSA) is 42.3 Å². The summed E-state index contributed by atoms with van der Waals surface area (Å²) in [7, 11) is 0. The van der Waals surface area contributed by atoms with Crippen LogP contribution in [0, 0.1) is 6.92 Å². The molecular formula is C13H24N4O. The maximum atomic E-state index is 5.36. The van der Waals surface area contributed by atoms with Gasteiger partial charge in [-0.05, 0) is 20.8 Å². The van der Waals surface area contributed by atoms with Gasteiger partial charge in [0, 0.05) is 38.4 Å². The van der Waals surface area contributed by atoms with Crippen molar-refractivity contribution in [2.75, 3.05) is 38.2 Å². The maximum Gasteiger partial charge on any atom is 0.203 e. The van der Waals surface area contributed by atoms with Gasteiger partial charge in [0.25, 0.3) is 0 Å². The lowest BCUT2D eigenvalue weighted by molar-refractivity contribution is 0.0364. The molecule has 1 aromatic heterocycles. The third kappa shape index (κ3) is 3.71. The second kappa shape index (κ2) is 6.20. The van der Waals surface area contributed by atoms with Gasteiger partial charge in [-0.25, -0.2) is 4.98 Å². The van der Waals surface area contributed by atoms with Gasteiger partial charge >= 0.3 is 0 Å². The van der Waals surface area contributed by atoms with Crippen LogP contribution in [0.4, 0.5) is 5.95 Å². The number of hydrogen-bond acceptors (Lipinski definition) is 4. The Morgan fingerprint density at radius 2 is 2.06 bits per heavy atom. The van der Waals surface area contributed by atoms with Crippen molar-refractivity contribution >= 4 is 5.95 Å². The number of anilines is 1. The number of aromatic nitrogens is 2. The molecule has 2 rings (SSSR count). The SMILES string of the molecule is Cc1cn(CCN2CCOCC2)c(NC(C)C)n1. The first-order valence-electron chi connectivity index (χ1n) is 6.75. The van der Waals surface area contributed by atoms with Gasteiger partial charge in [0.15, 0.2) is 0 Å². The van der Waals surface area contributed by atoms with E-state index in [2.05, 4.69) is 39.8 Å². The van der Waals surface area contributed by atoms with E-state index in [0.29, 0.717) is 6.04 Å². The van der Waals surface area contributed by atoms with Gasteiger partial charge in [-0.15, -0.1) is 0 Å². The molecule has 18 heavy (non-hydrogen) atoms. The van der Waals surface area contributed by atoms with Crippen LogP contribution in [0.25, 0.3) is 0 Å². The summed E-state index contributed by atoms with van der Waals surface area (Å²) in [6.07, 6.45) is 2.12. The van der Waals surface area contributed by atoms with Gasteiger partial charge in [-0.1, -0.05) is 0 Å². The molecule has 102 valence electrons. The number of ether oxygens (including phenoxy) is 1. The van der Waals surface area contributed by atoms with E-state index >= 15 is 0 Å². The zero-order chi connectivity index (χ0) is 13.0. The number of nitrogens with one attached hydrogen (secondary N) is 1. The van der Waals surface area contributed by atoms with E-state index in [4.69, 9.17) is 4.74 Å². The fourth-order valence-corrected chi connectivity index (χ4v) is 2.16. The maximum absolute atomic E-state index is 5.36. The molecule has 1 aromatic rings. The fourth-order valence-electron chi connectivity index (χ4n) is 2.16. The zero-order valence-corrected chi connectivity index (χ0v) is 11.6. The van der Waals surface area contributed by atoms with Crippen LogP contribution in [0.3, 0.4) is 0 Å². The molecule has 1 aliphatic heterocycles. The lowest BCUT2D eigenvalue weighted by Gasteiger charge is -2.26. The molecule has 0 atom stereocenters. The average Bonchev–Trinajstić information content (AvgIpc) is 2.67. The molecule has 1 aliphatic rings. The van der Waals surface area contributed by atoms with Crippen molar-refractivity contribution < 1.29 is 4.74 Å². The molecule has 2 heterocycles. The minimum atomic E-state index is 0.411. The van der Waals surface area contributed by atoms with Gasteiger partial charge in [-0.3, -0.25) is 4.90 Å². The molecule has 0 radical (unpaired) electrons. The van der Waals surface area contributed by atoms with Crippen molar-refractivity contribution in [2.45, 2.75) is 33.4 Å². The molecule has 5 nitrogen and oxygen atoms in total. The third-order valence-electron chi connectivity index (χ3n) is 3.08. The lowest BCUT2D eigenvalue weighted by Crippen LogP contribution is -2.38. The van der Waals surface area contributed by atoms with Gasteiger partial charge in [0.1, 0.15) is 0 Å². The highest BCUT2D eigenvalue weighted by atomic mass is 16.5. The molecule has 0 bridgehead atoms. The minimum Gasteiger partial charge on any atom is -0.379 e. The van der Waals surface area contributed by atoms with Gasteiger partial charge in [-0.2, -0.15) is 0 Å². The smallest absolute Gasteiger partial charge is 0.203 e. The van der Waals surface area contributed by atoms with Crippen molar-refractivity contribution in [3.8, 4) is 0 Å². The Bertz CT molecular complexity index is 369. The Morgan fingerprint density at radius 3 is 2.72 bits per heavy atom. The highest BCUT2D eigenvalue weighted by molar-refractivity contribution is 5.29. The van der Waals surface area contributed by atoms with Crippen LogP contribution in [0.15, 0.2) is 6.20 Å². The van der Waals surface area contributed by atoms with E-state index in [1.54, 1.807) is 0 Å². The summed E-state index contributed by atoms with van der Waals surface area (Å²) in [5.74, 6) is 0.982. The molecule has 0 saturated carbocycles. The van der Waals surface area contributed by atoms with Crippen LogP contribution < -0.4 is 5.32 Å². The van der Waals surface area contributed by atoms with E-state index < -0.39 is 0 Å². The fraction of sp³-hybridized carbons (Fsp3) is 0.769. The van der Waals surface area contributed by atoms with Gasteiger partial charge in [0.2, 0.25) is 5.95 Å². The lowest BCUT2D eigenvalue weighted by atomic mass is 10.4. The van der Waals surface area contributed by atoms with E-state index in [0.717, 1.165) is 51.0 Å². The molecule has 0 unspecified atom stereocenters. The number of hydrogen-bond donors (Lipinski definition) is 1. The first kappa shape index (κ1) is 13.4. The first-order valence-corrected chi connectivity index (χ1v) is 6.75. The summed E-state index contributed by atoms with van der Waals surface area (Å²) in [6, 6.07) is 0.411. The Kier molecular flexibility index (Phi) is 4.60. The predicted octanol–water partition coefficient (Wildman–Crippen LogP) is 1.34. The molecule has 5 heteroatoms. The standard InChI is InChI=1S/C13H24N4O/c1-11(2)14-13-15-12(3)10-17(13)5-4-16-6-8-18-9-7-16/h10-11H,4-9H2,1-3H3,(H,14,15). The summed E-state index contributed by atoms with van der Waals surface area (Å²) < 4.78 is 7.57. The predicted molar refractivity (Wildman–Crippen MR) is 73.0 cm³/mol. The number of imidazole rings is 1. The molecular weight excluding hydrogens is 228 g/mol. The monoisotopic (exact) mass is 252 g/mol. The van der Waals surface area contributed by atoms with E-state index in [1.807, 2.05) is 6.92 Å². The van der Waals surface area contributed by atoms with Crippen molar-refractivity contribution in [1.82, 2.24) is 14.5 Å². The first-order chi connectivity index (χ1) is 8.65. The molecule has 0 amide bonds. The molecule has 0 aromatic carbocycles. The van der Waals surface area contributed by atoms with Crippen molar-refractivity contribution in [3.05, 3.63) is 11.9 Å². The highest BCUT2D eigenvalue weighted by Crippen LogP contribution is 2.10. The average molecular weight is 252 g/mol. The van der Waals surface area contributed by atoms with E-state index in [1.165, 1.54) is 0 Å². The Balaban J connectivity index is 1.91. The van der Waals surface area contributed by atoms with Crippen LogP contribution in [0.1, 0.15) is 19.5 Å². The Hall–Kier alpha value is -1.07. The molecule has 0 aliphatic carbocycles. The number of morpholine rings is 1. The summed E-state index contributed by atoms with van der Waals surface area (Å²) in [5, 5.41) is 3.39.